The summed E-state index contributed by atoms with van der Waals surface area (Å²) in [5.41, 5.74) is 1.24. The molecule has 3 aromatic carbocycles. The van der Waals surface area contributed by atoms with Gasteiger partial charge in [0.2, 0.25) is 21.8 Å². The highest BCUT2D eigenvalue weighted by Gasteiger charge is 2.33. The van der Waals surface area contributed by atoms with Crippen LogP contribution in [-0.4, -0.2) is 37.6 Å². The third kappa shape index (κ3) is 4.81. The summed E-state index contributed by atoms with van der Waals surface area (Å²) >= 11 is 0. The number of carbonyl (C=O) groups excluding carboxylic acids is 2. The molecule has 1 unspecified atom stereocenters. The lowest BCUT2D eigenvalue weighted by Crippen LogP contribution is -2.43. The molecule has 0 aromatic heterocycles. The number of fused-ring (bicyclic) bond motifs is 1. The fourth-order valence-corrected chi connectivity index (χ4v) is 5.50. The number of benzene rings is 3. The molecule has 2 amide bonds. The molecule has 32 heavy (non-hydrogen) atoms. The maximum absolute atomic E-state index is 13.2. The number of sulfonamides is 1. The maximum atomic E-state index is 13.2. The molecule has 3 aromatic rings. The zero-order valence-corrected chi connectivity index (χ0v) is 18.6. The van der Waals surface area contributed by atoms with Crippen molar-refractivity contribution < 1.29 is 18.0 Å². The van der Waals surface area contributed by atoms with Crippen molar-refractivity contribution in [2.75, 3.05) is 23.7 Å². The molecule has 1 atom stereocenters. The Morgan fingerprint density at radius 3 is 2.25 bits per heavy atom. The highest BCUT2D eigenvalue weighted by atomic mass is 32.2. The smallest absolute Gasteiger partial charge is 0.243 e. The normalized spacial score (nSPS) is 17.1. The molecule has 0 bridgehead atoms. The van der Waals surface area contributed by atoms with E-state index in [1.807, 2.05) is 24.3 Å². The van der Waals surface area contributed by atoms with Crippen LogP contribution in [0.1, 0.15) is 19.8 Å². The Morgan fingerprint density at radius 1 is 0.906 bits per heavy atom. The Bertz CT molecular complexity index is 1260. The summed E-state index contributed by atoms with van der Waals surface area (Å²) in [5, 5.41) is 7.37. The first-order valence-corrected chi connectivity index (χ1v) is 11.9. The van der Waals surface area contributed by atoms with Crippen molar-refractivity contribution in [3.05, 3.63) is 66.7 Å². The number of nitrogens with zero attached hydrogens (tertiary/aromatic N) is 1. The number of amides is 2. The van der Waals surface area contributed by atoms with E-state index in [1.165, 1.54) is 11.2 Å². The molecule has 4 rings (SSSR count). The predicted octanol–water partition coefficient (Wildman–Crippen LogP) is 3.84. The molecule has 0 saturated carbocycles. The van der Waals surface area contributed by atoms with Gasteiger partial charge >= 0.3 is 0 Å². The van der Waals surface area contributed by atoms with Gasteiger partial charge in [0.1, 0.15) is 0 Å². The third-order valence-corrected chi connectivity index (χ3v) is 7.45. The Morgan fingerprint density at radius 2 is 1.56 bits per heavy atom. The van der Waals surface area contributed by atoms with E-state index in [4.69, 9.17) is 0 Å². The van der Waals surface area contributed by atoms with Crippen molar-refractivity contribution in [2.45, 2.75) is 24.7 Å². The molecule has 8 heteroatoms. The summed E-state index contributed by atoms with van der Waals surface area (Å²) in [7, 11) is -3.70. The third-order valence-electron chi connectivity index (χ3n) is 5.59. The minimum Gasteiger partial charge on any atom is -0.326 e. The SMILES string of the molecule is CC(=O)Nc1ccc(NC(=O)C2CCCN(S(=O)(=O)c3ccc4ccccc4c3)C2)cc1. The van der Waals surface area contributed by atoms with Crippen LogP contribution in [0.3, 0.4) is 0 Å². The van der Waals surface area contributed by atoms with Gasteiger partial charge in [-0.3, -0.25) is 9.59 Å². The van der Waals surface area contributed by atoms with Crippen LogP contribution in [0.5, 0.6) is 0 Å². The monoisotopic (exact) mass is 451 g/mol. The standard InChI is InChI=1S/C24H25N3O4S/c1-17(28)25-21-9-11-22(12-10-21)26-24(29)20-7-4-14-27(16-20)32(30,31)23-13-8-18-5-2-3-6-19(18)15-23/h2-3,5-6,8-13,15,20H,4,7,14,16H2,1H3,(H,25,28)(H,26,29). The summed E-state index contributed by atoms with van der Waals surface area (Å²) in [6.07, 6.45) is 1.24. The minimum atomic E-state index is -3.70. The first-order valence-electron chi connectivity index (χ1n) is 10.5. The zero-order chi connectivity index (χ0) is 22.7. The second-order valence-corrected chi connectivity index (χ2v) is 9.90. The van der Waals surface area contributed by atoms with E-state index in [0.29, 0.717) is 30.8 Å². The van der Waals surface area contributed by atoms with Gasteiger partial charge in [0.15, 0.2) is 0 Å². The number of carbonyl (C=O) groups is 2. The first kappa shape index (κ1) is 22.0. The van der Waals surface area contributed by atoms with Gasteiger partial charge in [0, 0.05) is 31.4 Å². The van der Waals surface area contributed by atoms with Crippen LogP contribution in [0.2, 0.25) is 0 Å². The van der Waals surface area contributed by atoms with Crippen LogP contribution in [-0.2, 0) is 19.6 Å². The Kier molecular flexibility index (Phi) is 6.25. The molecular formula is C24H25N3O4S. The molecular weight excluding hydrogens is 426 g/mol. The van der Waals surface area contributed by atoms with Crippen molar-refractivity contribution in [3.8, 4) is 0 Å². The van der Waals surface area contributed by atoms with Crippen LogP contribution in [0.25, 0.3) is 10.8 Å². The number of hydrogen-bond acceptors (Lipinski definition) is 4. The van der Waals surface area contributed by atoms with Gasteiger partial charge in [-0.15, -0.1) is 0 Å². The van der Waals surface area contributed by atoms with Gasteiger partial charge in [0.05, 0.1) is 10.8 Å². The van der Waals surface area contributed by atoms with E-state index in [0.717, 1.165) is 10.8 Å². The molecule has 166 valence electrons. The van der Waals surface area contributed by atoms with E-state index in [2.05, 4.69) is 10.6 Å². The molecule has 2 N–H and O–H groups in total. The average Bonchev–Trinajstić information content (AvgIpc) is 2.79. The fraction of sp³-hybridized carbons (Fsp3) is 0.250. The van der Waals surface area contributed by atoms with Gasteiger partial charge in [-0.05, 0) is 60.0 Å². The summed E-state index contributed by atoms with van der Waals surface area (Å²) < 4.78 is 27.9. The number of piperidine rings is 1. The van der Waals surface area contributed by atoms with Gasteiger partial charge in [-0.2, -0.15) is 4.31 Å². The van der Waals surface area contributed by atoms with Crippen LogP contribution in [0, 0.1) is 5.92 Å². The quantitative estimate of drug-likeness (QED) is 0.616. The van der Waals surface area contributed by atoms with E-state index < -0.39 is 15.9 Å². The highest BCUT2D eigenvalue weighted by molar-refractivity contribution is 7.89. The number of hydrogen-bond donors (Lipinski definition) is 2. The molecule has 0 radical (unpaired) electrons. The summed E-state index contributed by atoms with van der Waals surface area (Å²) in [4.78, 5) is 24.2. The van der Waals surface area contributed by atoms with Crippen molar-refractivity contribution >= 4 is 44.0 Å². The topological polar surface area (TPSA) is 95.6 Å². The van der Waals surface area contributed by atoms with Gasteiger partial charge in [0.25, 0.3) is 0 Å². The summed E-state index contributed by atoms with van der Waals surface area (Å²) in [5.74, 6) is -0.818. The summed E-state index contributed by atoms with van der Waals surface area (Å²) in [6.45, 7) is 1.96. The Hall–Kier alpha value is -3.23. The van der Waals surface area contributed by atoms with Crippen LogP contribution >= 0.6 is 0 Å². The van der Waals surface area contributed by atoms with E-state index >= 15 is 0 Å². The number of anilines is 2. The Balaban J connectivity index is 1.46. The number of rotatable bonds is 5. The molecule has 1 saturated heterocycles. The molecule has 7 nitrogen and oxygen atoms in total. The first-order chi connectivity index (χ1) is 15.3. The zero-order valence-electron chi connectivity index (χ0n) is 17.7. The van der Waals surface area contributed by atoms with Gasteiger partial charge < -0.3 is 10.6 Å². The molecule has 0 spiro atoms. The van der Waals surface area contributed by atoms with E-state index in [-0.39, 0.29) is 23.3 Å². The second-order valence-electron chi connectivity index (χ2n) is 7.96. The molecule has 0 aliphatic carbocycles. The van der Waals surface area contributed by atoms with Crippen molar-refractivity contribution in [1.29, 1.82) is 0 Å². The van der Waals surface area contributed by atoms with Crippen LogP contribution in [0.15, 0.2) is 71.6 Å². The lowest BCUT2D eigenvalue weighted by Gasteiger charge is -2.31. The molecule has 1 aliphatic heterocycles. The van der Waals surface area contributed by atoms with Crippen molar-refractivity contribution in [2.24, 2.45) is 5.92 Å². The van der Waals surface area contributed by atoms with Gasteiger partial charge in [-0.25, -0.2) is 8.42 Å². The van der Waals surface area contributed by atoms with Crippen molar-refractivity contribution in [3.63, 3.8) is 0 Å². The van der Waals surface area contributed by atoms with E-state index in [1.54, 1.807) is 42.5 Å². The molecule has 1 fully saturated rings. The number of nitrogens with one attached hydrogen (secondary N) is 2. The van der Waals surface area contributed by atoms with Crippen LogP contribution < -0.4 is 10.6 Å². The van der Waals surface area contributed by atoms with Crippen LogP contribution in [0.4, 0.5) is 11.4 Å². The van der Waals surface area contributed by atoms with Gasteiger partial charge in [-0.1, -0.05) is 30.3 Å². The average molecular weight is 452 g/mol. The minimum absolute atomic E-state index is 0.144. The molecule has 1 heterocycles. The largest absolute Gasteiger partial charge is 0.326 e. The summed E-state index contributed by atoms with van der Waals surface area (Å²) in [6, 6.07) is 19.5. The fourth-order valence-electron chi connectivity index (χ4n) is 3.94. The van der Waals surface area contributed by atoms with E-state index in [9.17, 15) is 18.0 Å². The lowest BCUT2D eigenvalue weighted by molar-refractivity contribution is -0.121. The molecule has 1 aliphatic rings. The lowest BCUT2D eigenvalue weighted by atomic mass is 9.98. The second kappa shape index (κ2) is 9.10. The Labute approximate surface area is 187 Å². The highest BCUT2D eigenvalue weighted by Crippen LogP contribution is 2.27. The maximum Gasteiger partial charge on any atom is 0.243 e. The van der Waals surface area contributed by atoms with Crippen molar-refractivity contribution in [1.82, 2.24) is 4.31 Å². The predicted molar refractivity (Wildman–Crippen MR) is 125 cm³/mol.